The van der Waals surface area contributed by atoms with Gasteiger partial charge in [0.25, 0.3) is 0 Å². The van der Waals surface area contributed by atoms with E-state index in [0.717, 1.165) is 19.3 Å². The van der Waals surface area contributed by atoms with Crippen LogP contribution in [-0.4, -0.2) is 50.3 Å². The molecule has 6 atom stereocenters. The molecular formula is C25H39NO5. The predicted molar refractivity (Wildman–Crippen MR) is 115 cm³/mol. The van der Waals surface area contributed by atoms with Crippen LogP contribution in [0.1, 0.15) is 72.1 Å². The Morgan fingerprint density at radius 1 is 0.935 bits per heavy atom. The van der Waals surface area contributed by atoms with Crippen LogP contribution in [0.4, 0.5) is 0 Å². The molecule has 1 unspecified atom stereocenters. The summed E-state index contributed by atoms with van der Waals surface area (Å²) in [5, 5.41) is 4.73. The third-order valence-corrected chi connectivity index (χ3v) is 10.3. The molecule has 4 saturated carbocycles. The summed E-state index contributed by atoms with van der Waals surface area (Å²) in [6.07, 6.45) is 9.49. The van der Waals surface area contributed by atoms with Crippen LogP contribution < -0.4 is 0 Å². The van der Waals surface area contributed by atoms with Crippen LogP contribution >= 0.6 is 0 Å². The summed E-state index contributed by atoms with van der Waals surface area (Å²) in [4.78, 5) is 5.66. The van der Waals surface area contributed by atoms with Crippen LogP contribution in [0.15, 0.2) is 5.16 Å². The summed E-state index contributed by atoms with van der Waals surface area (Å²) in [5.41, 5.74) is 1.52. The van der Waals surface area contributed by atoms with Gasteiger partial charge in [-0.05, 0) is 62.2 Å². The van der Waals surface area contributed by atoms with Gasteiger partial charge in [-0.15, -0.1) is 0 Å². The number of hydrogen-bond donors (Lipinski definition) is 0. The summed E-state index contributed by atoms with van der Waals surface area (Å²) in [7, 11) is 0. The van der Waals surface area contributed by atoms with Crippen LogP contribution in [0, 0.1) is 34.5 Å². The van der Waals surface area contributed by atoms with E-state index in [9.17, 15) is 0 Å². The minimum Gasteiger partial charge on any atom is -0.396 e. The largest absolute Gasteiger partial charge is 0.396 e. The van der Waals surface area contributed by atoms with Gasteiger partial charge in [0.05, 0.1) is 32.1 Å². The molecule has 31 heavy (non-hydrogen) atoms. The molecule has 6 heteroatoms. The number of nitrogens with zero attached hydrogens (tertiary/aromatic N) is 1. The molecule has 6 aliphatic rings. The number of oxime groups is 1. The summed E-state index contributed by atoms with van der Waals surface area (Å²) >= 11 is 0. The van der Waals surface area contributed by atoms with Crippen LogP contribution in [0.25, 0.3) is 0 Å². The van der Waals surface area contributed by atoms with Gasteiger partial charge in [0.2, 0.25) is 11.6 Å². The lowest BCUT2D eigenvalue weighted by atomic mass is 9.44. The molecule has 0 N–H and O–H groups in total. The highest BCUT2D eigenvalue weighted by Crippen LogP contribution is 2.72. The second-order valence-electron chi connectivity index (χ2n) is 11.3. The Kier molecular flexibility index (Phi) is 4.82. The van der Waals surface area contributed by atoms with Gasteiger partial charge >= 0.3 is 0 Å². The molecule has 2 aliphatic heterocycles. The maximum absolute atomic E-state index is 6.53. The zero-order valence-corrected chi connectivity index (χ0v) is 19.5. The first-order valence-electron chi connectivity index (χ1n) is 12.7. The van der Waals surface area contributed by atoms with E-state index >= 15 is 0 Å². The Morgan fingerprint density at radius 2 is 1.68 bits per heavy atom. The summed E-state index contributed by atoms with van der Waals surface area (Å²) in [6, 6.07) is 0. The van der Waals surface area contributed by atoms with E-state index in [0.29, 0.717) is 62.1 Å². The lowest BCUT2D eigenvalue weighted by Crippen LogP contribution is -2.70. The number of rotatable bonds is 2. The molecule has 2 saturated heterocycles. The van der Waals surface area contributed by atoms with E-state index < -0.39 is 11.6 Å². The molecule has 0 bridgehead atoms. The summed E-state index contributed by atoms with van der Waals surface area (Å²) < 4.78 is 25.9. The molecule has 0 aromatic carbocycles. The van der Waals surface area contributed by atoms with Crippen molar-refractivity contribution in [1.29, 1.82) is 0 Å². The van der Waals surface area contributed by atoms with Gasteiger partial charge in [-0.1, -0.05) is 31.8 Å². The topological polar surface area (TPSA) is 58.5 Å². The van der Waals surface area contributed by atoms with E-state index in [-0.39, 0.29) is 5.41 Å². The first-order valence-corrected chi connectivity index (χ1v) is 12.7. The Bertz CT molecular complexity index is 742. The Labute approximate surface area is 186 Å². The monoisotopic (exact) mass is 433 g/mol. The Morgan fingerprint density at radius 3 is 2.42 bits per heavy atom. The van der Waals surface area contributed by atoms with E-state index in [4.69, 9.17) is 28.9 Å². The molecule has 6 rings (SSSR count). The van der Waals surface area contributed by atoms with Gasteiger partial charge in [0.15, 0.2) is 0 Å². The van der Waals surface area contributed by atoms with Crippen LogP contribution in [0.5, 0.6) is 0 Å². The first-order chi connectivity index (χ1) is 15.0. The average Bonchev–Trinajstić information content (AvgIpc) is 3.03. The lowest BCUT2D eigenvalue weighted by molar-refractivity contribution is -0.474. The third kappa shape index (κ3) is 2.57. The molecule has 0 aromatic rings. The van der Waals surface area contributed by atoms with E-state index in [1.54, 1.807) is 0 Å². The van der Waals surface area contributed by atoms with Gasteiger partial charge in [-0.2, -0.15) is 0 Å². The summed E-state index contributed by atoms with van der Waals surface area (Å²) in [6.45, 7) is 9.95. The quantitative estimate of drug-likeness (QED) is 0.600. The zero-order valence-electron chi connectivity index (χ0n) is 19.5. The molecule has 4 aliphatic carbocycles. The average molecular weight is 434 g/mol. The predicted octanol–water partition coefficient (Wildman–Crippen LogP) is 4.52. The van der Waals surface area contributed by atoms with Crippen molar-refractivity contribution in [2.75, 3.05) is 33.0 Å². The second kappa shape index (κ2) is 7.15. The van der Waals surface area contributed by atoms with Crippen LogP contribution in [0.2, 0.25) is 0 Å². The fourth-order valence-electron chi connectivity index (χ4n) is 9.06. The Balaban J connectivity index is 1.42. The maximum atomic E-state index is 6.53. The standard InChI is InChI=1S/C25H39NO5/c1-4-31-26-21-15-17-18(22(2)9-6-5-7-19(21)22)8-10-23(3)20(17)16-24-25(23,29-13-11-27-24)30-14-12-28-24/h17-20H,4-16H2,1-3H3/b26-21-/t17-,18+,19?,20+,22-,23+,24?,25?/m1/s1. The maximum Gasteiger partial charge on any atom is 0.229 e. The van der Waals surface area contributed by atoms with Crippen molar-refractivity contribution >= 4 is 5.71 Å². The van der Waals surface area contributed by atoms with Crippen LogP contribution in [0.3, 0.4) is 0 Å². The molecule has 0 amide bonds. The van der Waals surface area contributed by atoms with E-state index in [2.05, 4.69) is 13.8 Å². The van der Waals surface area contributed by atoms with Crippen molar-refractivity contribution in [3.05, 3.63) is 0 Å². The van der Waals surface area contributed by atoms with Gasteiger partial charge in [0, 0.05) is 17.8 Å². The minimum atomic E-state index is -0.770. The number of fused-ring (bicyclic) bond motifs is 5. The molecule has 0 aromatic heterocycles. The molecule has 174 valence electrons. The van der Waals surface area contributed by atoms with Crippen LogP contribution in [-0.2, 0) is 23.8 Å². The molecule has 0 spiro atoms. The first kappa shape index (κ1) is 20.9. The van der Waals surface area contributed by atoms with Crippen molar-refractivity contribution in [2.45, 2.75) is 83.7 Å². The van der Waals surface area contributed by atoms with Crippen molar-refractivity contribution < 1.29 is 23.8 Å². The SMILES string of the molecule is CCO/N=C1/C[C@@H]2[C@H](CC[C@@]3(C)[C@H]2CC24OCCOC23OCCO4)[C@@]2(C)CCCCC12. The molecule has 6 fully saturated rings. The van der Waals surface area contributed by atoms with Gasteiger partial charge in [0.1, 0.15) is 6.61 Å². The molecule has 0 radical (unpaired) electrons. The molecular weight excluding hydrogens is 394 g/mol. The minimum absolute atomic E-state index is 0.108. The number of ether oxygens (including phenoxy) is 4. The normalized spacial score (nSPS) is 54.9. The molecule has 2 heterocycles. The molecule has 6 nitrogen and oxygen atoms in total. The van der Waals surface area contributed by atoms with Crippen molar-refractivity contribution in [2.24, 2.45) is 39.7 Å². The fraction of sp³-hybridized carbons (Fsp3) is 0.960. The van der Waals surface area contributed by atoms with Crippen molar-refractivity contribution in [1.82, 2.24) is 0 Å². The van der Waals surface area contributed by atoms with E-state index in [1.807, 2.05) is 6.92 Å². The highest BCUT2D eigenvalue weighted by molar-refractivity contribution is 5.88. The van der Waals surface area contributed by atoms with Crippen molar-refractivity contribution in [3.63, 3.8) is 0 Å². The highest BCUT2D eigenvalue weighted by Gasteiger charge is 2.79. The van der Waals surface area contributed by atoms with E-state index in [1.165, 1.54) is 37.8 Å². The highest BCUT2D eigenvalue weighted by atomic mass is 16.8. The zero-order chi connectivity index (χ0) is 21.3. The third-order valence-electron chi connectivity index (χ3n) is 10.3. The van der Waals surface area contributed by atoms with Gasteiger partial charge < -0.3 is 23.8 Å². The second-order valence-corrected chi connectivity index (χ2v) is 11.3. The Hall–Kier alpha value is -0.690. The van der Waals surface area contributed by atoms with Crippen molar-refractivity contribution in [3.8, 4) is 0 Å². The lowest BCUT2D eigenvalue weighted by Gasteiger charge is -2.62. The fourth-order valence-corrected chi connectivity index (χ4v) is 9.06. The summed E-state index contributed by atoms with van der Waals surface area (Å²) in [5.74, 6) is 0.753. The van der Waals surface area contributed by atoms with Gasteiger partial charge in [-0.3, -0.25) is 0 Å². The van der Waals surface area contributed by atoms with Gasteiger partial charge in [-0.25, -0.2) is 0 Å². The number of hydrogen-bond acceptors (Lipinski definition) is 6. The smallest absolute Gasteiger partial charge is 0.229 e.